The van der Waals surface area contributed by atoms with Gasteiger partial charge in [0.15, 0.2) is 0 Å². The zero-order valence-electron chi connectivity index (χ0n) is 17.8. The van der Waals surface area contributed by atoms with E-state index >= 15 is 0 Å². The Bertz CT molecular complexity index is 693. The Kier molecular flexibility index (Phi) is 8.05. The number of amides is 2. The van der Waals surface area contributed by atoms with Crippen LogP contribution in [-0.4, -0.2) is 59.5 Å². The molecule has 0 spiro atoms. The van der Waals surface area contributed by atoms with E-state index in [1.54, 1.807) is 25.7 Å². The number of hydrogen-bond donors (Lipinski definition) is 0. The Balaban J connectivity index is 2.07. The van der Waals surface area contributed by atoms with Crippen molar-refractivity contribution < 1.29 is 23.9 Å². The molecule has 0 aromatic heterocycles. The van der Waals surface area contributed by atoms with Crippen molar-refractivity contribution in [3.8, 4) is 0 Å². The van der Waals surface area contributed by atoms with Gasteiger partial charge in [-0.05, 0) is 45.6 Å². The fourth-order valence-electron chi connectivity index (χ4n) is 3.20. The van der Waals surface area contributed by atoms with E-state index in [0.29, 0.717) is 13.1 Å². The Morgan fingerprint density at radius 1 is 1.07 bits per heavy atom. The first-order chi connectivity index (χ1) is 13.7. The molecule has 0 aliphatic carbocycles. The summed E-state index contributed by atoms with van der Waals surface area (Å²) in [6, 6.07) is 8.35. The topological polar surface area (TPSA) is 76.1 Å². The van der Waals surface area contributed by atoms with E-state index in [-0.39, 0.29) is 18.9 Å². The first-order valence-electron chi connectivity index (χ1n) is 10.1. The molecule has 29 heavy (non-hydrogen) atoms. The van der Waals surface area contributed by atoms with Crippen molar-refractivity contribution in [2.75, 3.05) is 20.1 Å². The zero-order chi connectivity index (χ0) is 21.4. The number of likely N-dealkylation sites (tertiary alicyclic amines) is 1. The molecule has 1 aromatic rings. The highest BCUT2D eigenvalue weighted by molar-refractivity contribution is 5.89. The summed E-state index contributed by atoms with van der Waals surface area (Å²) in [6.45, 7) is 6.67. The van der Waals surface area contributed by atoms with Gasteiger partial charge in [0.2, 0.25) is 5.91 Å². The molecule has 0 bridgehead atoms. The molecule has 1 heterocycles. The smallest absolute Gasteiger partial charge is 0.410 e. The van der Waals surface area contributed by atoms with Crippen molar-refractivity contribution >= 4 is 18.0 Å². The molecule has 2 rings (SSSR count). The van der Waals surface area contributed by atoms with E-state index in [2.05, 4.69) is 0 Å². The van der Waals surface area contributed by atoms with Crippen molar-refractivity contribution in [1.29, 1.82) is 0 Å². The lowest BCUT2D eigenvalue weighted by atomic mass is 10.1. The van der Waals surface area contributed by atoms with E-state index in [9.17, 15) is 14.4 Å². The van der Waals surface area contributed by atoms with Gasteiger partial charge < -0.3 is 14.4 Å². The summed E-state index contributed by atoms with van der Waals surface area (Å²) in [5.74, 6) is -0.759. The Morgan fingerprint density at radius 3 is 2.28 bits per heavy atom. The molecule has 1 fully saturated rings. The van der Waals surface area contributed by atoms with Crippen LogP contribution in [0.15, 0.2) is 30.3 Å². The summed E-state index contributed by atoms with van der Waals surface area (Å²) in [5.41, 5.74) is 0.183. The maximum atomic E-state index is 13.1. The monoisotopic (exact) mass is 404 g/mol. The fourth-order valence-corrected chi connectivity index (χ4v) is 3.20. The van der Waals surface area contributed by atoms with Gasteiger partial charge in [0.1, 0.15) is 18.2 Å². The van der Waals surface area contributed by atoms with E-state index < -0.39 is 23.7 Å². The lowest BCUT2D eigenvalue weighted by molar-refractivity contribution is -0.158. The normalized spacial score (nSPS) is 15.4. The van der Waals surface area contributed by atoms with Gasteiger partial charge in [-0.15, -0.1) is 0 Å². The minimum Gasteiger partial charge on any atom is -0.460 e. The fraction of sp³-hybridized carbons (Fsp3) is 0.591. The first-order valence-corrected chi connectivity index (χ1v) is 10.1. The van der Waals surface area contributed by atoms with E-state index in [4.69, 9.17) is 9.47 Å². The Labute approximate surface area is 172 Å². The maximum absolute atomic E-state index is 13.1. The predicted octanol–water partition coefficient (Wildman–Crippen LogP) is 3.37. The highest BCUT2D eigenvalue weighted by Gasteiger charge is 2.35. The minimum absolute atomic E-state index is 0.0983. The van der Waals surface area contributed by atoms with Gasteiger partial charge in [0.25, 0.3) is 0 Å². The molecule has 0 radical (unpaired) electrons. The van der Waals surface area contributed by atoms with Crippen LogP contribution in [0, 0.1) is 0 Å². The SMILES string of the molecule is CN(C(=O)OCc1ccccc1)[C@@H](CC(=O)OC(C)(C)C)C(=O)N1CCCCC1. The van der Waals surface area contributed by atoms with Gasteiger partial charge in [0, 0.05) is 20.1 Å². The van der Waals surface area contributed by atoms with E-state index in [0.717, 1.165) is 24.8 Å². The van der Waals surface area contributed by atoms with E-state index in [1.807, 2.05) is 30.3 Å². The summed E-state index contributed by atoms with van der Waals surface area (Å²) in [4.78, 5) is 41.0. The third kappa shape index (κ3) is 7.40. The van der Waals surface area contributed by atoms with Crippen molar-refractivity contribution in [1.82, 2.24) is 9.80 Å². The quantitative estimate of drug-likeness (QED) is 0.680. The largest absolute Gasteiger partial charge is 0.460 e. The van der Waals surface area contributed by atoms with Crippen LogP contribution in [0.25, 0.3) is 0 Å². The number of rotatable bonds is 6. The number of likely N-dealkylation sites (N-methyl/N-ethyl adjacent to an activating group) is 1. The number of carbonyl (C=O) groups excluding carboxylic acids is 3. The van der Waals surface area contributed by atoms with Crippen LogP contribution in [0.1, 0.15) is 52.0 Å². The van der Waals surface area contributed by atoms with Crippen molar-refractivity contribution in [3.63, 3.8) is 0 Å². The van der Waals surface area contributed by atoms with E-state index in [1.165, 1.54) is 11.9 Å². The molecular formula is C22H32N2O5. The predicted molar refractivity (Wildman–Crippen MR) is 109 cm³/mol. The van der Waals surface area contributed by atoms with Gasteiger partial charge in [-0.25, -0.2) is 4.79 Å². The van der Waals surface area contributed by atoms with Gasteiger partial charge in [-0.2, -0.15) is 0 Å². The summed E-state index contributed by atoms with van der Waals surface area (Å²) in [5, 5.41) is 0. The van der Waals surface area contributed by atoms with Gasteiger partial charge in [0.05, 0.1) is 6.42 Å². The Hall–Kier alpha value is -2.57. The molecule has 1 saturated heterocycles. The second-order valence-corrected chi connectivity index (χ2v) is 8.34. The molecule has 0 saturated carbocycles. The molecule has 2 amide bonds. The van der Waals surface area contributed by atoms with Crippen LogP contribution >= 0.6 is 0 Å². The first kappa shape index (κ1) is 22.7. The lowest BCUT2D eigenvalue weighted by Gasteiger charge is -2.34. The molecule has 1 aliphatic heterocycles. The lowest BCUT2D eigenvalue weighted by Crippen LogP contribution is -2.52. The third-order valence-electron chi connectivity index (χ3n) is 4.69. The number of piperidine rings is 1. The van der Waals surface area contributed by atoms with Gasteiger partial charge in [-0.3, -0.25) is 14.5 Å². The van der Waals surface area contributed by atoms with Crippen molar-refractivity contribution in [2.24, 2.45) is 0 Å². The minimum atomic E-state index is -0.953. The number of nitrogens with zero attached hydrogens (tertiary/aromatic N) is 2. The number of ether oxygens (including phenoxy) is 2. The molecule has 1 aromatic carbocycles. The van der Waals surface area contributed by atoms with Gasteiger partial charge in [-0.1, -0.05) is 30.3 Å². The van der Waals surface area contributed by atoms with Crippen LogP contribution < -0.4 is 0 Å². The molecule has 0 unspecified atom stereocenters. The molecule has 0 N–H and O–H groups in total. The summed E-state index contributed by atoms with van der Waals surface area (Å²) >= 11 is 0. The van der Waals surface area contributed by atoms with Crippen LogP contribution in [0.3, 0.4) is 0 Å². The highest BCUT2D eigenvalue weighted by Crippen LogP contribution is 2.17. The number of benzene rings is 1. The highest BCUT2D eigenvalue weighted by atomic mass is 16.6. The average Bonchev–Trinajstić information content (AvgIpc) is 2.69. The van der Waals surface area contributed by atoms with Crippen LogP contribution in [0.2, 0.25) is 0 Å². The second-order valence-electron chi connectivity index (χ2n) is 8.34. The van der Waals surface area contributed by atoms with Gasteiger partial charge >= 0.3 is 12.1 Å². The summed E-state index contributed by atoms with van der Waals surface area (Å²) in [6.07, 6.45) is 2.08. The number of carbonyl (C=O) groups is 3. The molecular weight excluding hydrogens is 372 g/mol. The second kappa shape index (κ2) is 10.3. The molecule has 7 nitrogen and oxygen atoms in total. The zero-order valence-corrected chi connectivity index (χ0v) is 17.8. The summed E-state index contributed by atoms with van der Waals surface area (Å²) in [7, 11) is 1.49. The standard InChI is InChI=1S/C22H32N2O5/c1-22(2,3)29-19(25)15-18(20(26)24-13-9-6-10-14-24)23(4)21(27)28-16-17-11-7-5-8-12-17/h5,7-8,11-12,18H,6,9-10,13-16H2,1-4H3/t18-/m0/s1. The molecule has 1 aliphatic rings. The molecule has 7 heteroatoms. The number of hydrogen-bond acceptors (Lipinski definition) is 5. The Morgan fingerprint density at radius 2 is 1.69 bits per heavy atom. The molecule has 1 atom stereocenters. The summed E-state index contributed by atoms with van der Waals surface area (Å²) < 4.78 is 10.7. The third-order valence-corrected chi connectivity index (χ3v) is 4.69. The van der Waals surface area contributed by atoms with Crippen LogP contribution in [0.4, 0.5) is 4.79 Å². The van der Waals surface area contributed by atoms with Crippen LogP contribution in [0.5, 0.6) is 0 Å². The maximum Gasteiger partial charge on any atom is 0.410 e. The average molecular weight is 405 g/mol. The molecule has 160 valence electrons. The number of esters is 1. The van der Waals surface area contributed by atoms with Crippen molar-refractivity contribution in [2.45, 2.75) is 64.7 Å². The van der Waals surface area contributed by atoms with Crippen molar-refractivity contribution in [3.05, 3.63) is 35.9 Å². The van der Waals surface area contributed by atoms with Crippen LogP contribution in [-0.2, 0) is 25.7 Å².